The maximum absolute atomic E-state index is 13.1. The van der Waals surface area contributed by atoms with Crippen LogP contribution in [-0.2, 0) is 16.6 Å². The molecule has 0 amide bonds. The van der Waals surface area contributed by atoms with Crippen LogP contribution in [0.25, 0.3) is 0 Å². The summed E-state index contributed by atoms with van der Waals surface area (Å²) < 4.78 is 37.9. The molecule has 0 aliphatic rings. The van der Waals surface area contributed by atoms with Gasteiger partial charge in [0.25, 0.3) is 10.0 Å². The fraction of sp³-hybridized carbons (Fsp3) is 0.167. The smallest absolute Gasteiger partial charge is 0.264 e. The lowest BCUT2D eigenvalue weighted by molar-refractivity contribution is 0.381. The molecule has 1 heterocycles. The fourth-order valence-electron chi connectivity index (χ4n) is 2.42. The Morgan fingerprint density at radius 3 is 2.32 bits per heavy atom. The van der Waals surface area contributed by atoms with Crippen LogP contribution in [0.1, 0.15) is 11.5 Å². The summed E-state index contributed by atoms with van der Waals surface area (Å²) in [7, 11) is -2.20. The molecule has 3 aromatic rings. The normalized spacial score (nSPS) is 11.3. The Bertz CT molecular complexity index is 935. The lowest BCUT2D eigenvalue weighted by atomic mass is 10.3. The number of anilines is 1. The first-order valence-electron chi connectivity index (χ1n) is 7.65. The third-order valence-corrected chi connectivity index (χ3v) is 5.46. The molecule has 0 radical (unpaired) electrons. The molecule has 0 aliphatic carbocycles. The Morgan fingerprint density at radius 1 is 1.08 bits per heavy atom. The van der Waals surface area contributed by atoms with Gasteiger partial charge in [-0.3, -0.25) is 4.31 Å². The number of nitrogens with zero attached hydrogens (tertiary/aromatic N) is 2. The van der Waals surface area contributed by atoms with E-state index < -0.39 is 10.0 Å². The zero-order valence-corrected chi connectivity index (χ0v) is 14.7. The number of benzene rings is 2. The number of aryl methyl sites for hydroxylation is 1. The van der Waals surface area contributed by atoms with E-state index in [2.05, 4.69) is 5.16 Å². The highest BCUT2D eigenvalue weighted by Gasteiger charge is 2.26. The number of sulfonamides is 1. The third-order valence-electron chi connectivity index (χ3n) is 3.67. The van der Waals surface area contributed by atoms with Crippen LogP contribution in [0, 0.1) is 6.92 Å². The zero-order chi connectivity index (χ0) is 17.9. The van der Waals surface area contributed by atoms with Crippen LogP contribution < -0.4 is 9.04 Å². The van der Waals surface area contributed by atoms with Gasteiger partial charge in [-0.05, 0) is 43.3 Å². The van der Waals surface area contributed by atoms with E-state index >= 15 is 0 Å². The lowest BCUT2D eigenvalue weighted by Gasteiger charge is -2.23. The van der Waals surface area contributed by atoms with Crippen LogP contribution in [0.2, 0.25) is 0 Å². The molecule has 25 heavy (non-hydrogen) atoms. The first kappa shape index (κ1) is 17.0. The van der Waals surface area contributed by atoms with Crippen molar-refractivity contribution in [2.75, 3.05) is 11.4 Å². The first-order chi connectivity index (χ1) is 12.0. The monoisotopic (exact) mass is 358 g/mol. The van der Waals surface area contributed by atoms with Crippen molar-refractivity contribution in [2.45, 2.75) is 18.4 Å². The zero-order valence-electron chi connectivity index (χ0n) is 13.9. The molecule has 0 atom stereocenters. The summed E-state index contributed by atoms with van der Waals surface area (Å²) in [5, 5.41) is 3.83. The maximum Gasteiger partial charge on any atom is 0.264 e. The molecular weight excluding hydrogens is 340 g/mol. The van der Waals surface area contributed by atoms with Crippen LogP contribution in [-0.4, -0.2) is 20.7 Å². The molecule has 0 saturated carbocycles. The van der Waals surface area contributed by atoms with Gasteiger partial charge in [0.05, 0.1) is 29.9 Å². The van der Waals surface area contributed by atoms with Crippen molar-refractivity contribution in [3.63, 3.8) is 0 Å². The topological polar surface area (TPSA) is 72.6 Å². The van der Waals surface area contributed by atoms with Gasteiger partial charge in [0.2, 0.25) is 0 Å². The van der Waals surface area contributed by atoms with Crippen molar-refractivity contribution in [3.8, 4) is 5.75 Å². The number of methoxy groups -OCH3 is 1. The summed E-state index contributed by atoms with van der Waals surface area (Å²) in [5.74, 6) is 1.11. The van der Waals surface area contributed by atoms with Gasteiger partial charge in [-0.15, -0.1) is 0 Å². The SMILES string of the molecule is COc1ccc(N(Cc2cc(C)no2)S(=O)(=O)c2ccccc2)cc1. The molecule has 6 nitrogen and oxygen atoms in total. The van der Waals surface area contributed by atoms with Crippen LogP contribution in [0.5, 0.6) is 5.75 Å². The summed E-state index contributed by atoms with van der Waals surface area (Å²) in [4.78, 5) is 0.210. The molecule has 0 saturated heterocycles. The molecular formula is C18H18N2O4S. The molecule has 2 aromatic carbocycles. The predicted molar refractivity (Wildman–Crippen MR) is 94.0 cm³/mol. The van der Waals surface area contributed by atoms with Gasteiger partial charge in [0.15, 0.2) is 5.76 Å². The summed E-state index contributed by atoms with van der Waals surface area (Å²) in [5.41, 5.74) is 1.21. The van der Waals surface area contributed by atoms with Crippen LogP contribution in [0.15, 0.2) is 70.1 Å². The summed E-state index contributed by atoms with van der Waals surface area (Å²) in [6.07, 6.45) is 0. The Labute approximate surface area is 146 Å². The molecule has 130 valence electrons. The van der Waals surface area contributed by atoms with Crippen LogP contribution in [0.3, 0.4) is 0 Å². The lowest BCUT2D eigenvalue weighted by Crippen LogP contribution is -2.30. The van der Waals surface area contributed by atoms with E-state index in [0.29, 0.717) is 22.9 Å². The van der Waals surface area contributed by atoms with Gasteiger partial charge in [-0.2, -0.15) is 0 Å². The average molecular weight is 358 g/mol. The van der Waals surface area contributed by atoms with Gasteiger partial charge in [-0.1, -0.05) is 23.4 Å². The predicted octanol–water partition coefficient (Wildman–Crippen LogP) is 3.39. The maximum atomic E-state index is 13.1. The number of hydrogen-bond donors (Lipinski definition) is 0. The molecule has 0 unspecified atom stereocenters. The molecule has 0 N–H and O–H groups in total. The number of ether oxygens (including phenoxy) is 1. The highest BCUT2D eigenvalue weighted by Crippen LogP contribution is 2.27. The fourth-order valence-corrected chi connectivity index (χ4v) is 3.87. The van der Waals surface area contributed by atoms with Crippen molar-refractivity contribution in [3.05, 3.63) is 72.1 Å². The minimum atomic E-state index is -3.76. The van der Waals surface area contributed by atoms with Crippen molar-refractivity contribution in [2.24, 2.45) is 0 Å². The van der Waals surface area contributed by atoms with E-state index in [1.54, 1.807) is 74.7 Å². The molecule has 0 aliphatic heterocycles. The second kappa shape index (κ2) is 6.98. The van der Waals surface area contributed by atoms with E-state index in [1.165, 1.54) is 4.31 Å². The Balaban J connectivity index is 2.04. The molecule has 0 fully saturated rings. The molecule has 1 aromatic heterocycles. The second-order valence-corrected chi connectivity index (χ2v) is 7.32. The van der Waals surface area contributed by atoms with Crippen molar-refractivity contribution >= 4 is 15.7 Å². The van der Waals surface area contributed by atoms with E-state index in [9.17, 15) is 8.42 Å². The Morgan fingerprint density at radius 2 is 1.76 bits per heavy atom. The van der Waals surface area contributed by atoms with E-state index in [-0.39, 0.29) is 11.4 Å². The third kappa shape index (κ3) is 3.66. The largest absolute Gasteiger partial charge is 0.497 e. The molecule has 3 rings (SSSR count). The summed E-state index contributed by atoms with van der Waals surface area (Å²) in [6.45, 7) is 1.83. The molecule has 7 heteroatoms. The van der Waals surface area contributed by atoms with Gasteiger partial charge in [-0.25, -0.2) is 8.42 Å². The van der Waals surface area contributed by atoms with Gasteiger partial charge >= 0.3 is 0 Å². The minimum absolute atomic E-state index is 0.0460. The number of aromatic nitrogens is 1. The van der Waals surface area contributed by atoms with Crippen LogP contribution >= 0.6 is 0 Å². The quantitative estimate of drug-likeness (QED) is 0.675. The van der Waals surface area contributed by atoms with Gasteiger partial charge in [0, 0.05) is 6.07 Å². The molecule has 0 spiro atoms. The van der Waals surface area contributed by atoms with Crippen molar-refractivity contribution in [1.82, 2.24) is 5.16 Å². The first-order valence-corrected chi connectivity index (χ1v) is 9.09. The van der Waals surface area contributed by atoms with Crippen molar-refractivity contribution in [1.29, 1.82) is 0 Å². The van der Waals surface area contributed by atoms with E-state index in [4.69, 9.17) is 9.26 Å². The standard InChI is InChI=1S/C18H18N2O4S/c1-14-12-17(24-19-14)13-20(15-8-10-16(23-2)11-9-15)25(21,22)18-6-4-3-5-7-18/h3-12H,13H2,1-2H3. The van der Waals surface area contributed by atoms with Crippen LogP contribution in [0.4, 0.5) is 5.69 Å². The number of hydrogen-bond acceptors (Lipinski definition) is 5. The minimum Gasteiger partial charge on any atom is -0.497 e. The van der Waals surface area contributed by atoms with E-state index in [0.717, 1.165) is 0 Å². The highest BCUT2D eigenvalue weighted by atomic mass is 32.2. The summed E-state index contributed by atoms with van der Waals surface area (Å²) >= 11 is 0. The van der Waals surface area contributed by atoms with Gasteiger partial charge < -0.3 is 9.26 Å². The second-order valence-electron chi connectivity index (χ2n) is 5.46. The van der Waals surface area contributed by atoms with Gasteiger partial charge in [0.1, 0.15) is 5.75 Å². The molecule has 0 bridgehead atoms. The Kier molecular flexibility index (Phi) is 4.76. The average Bonchev–Trinajstić information content (AvgIpc) is 3.05. The Hall–Kier alpha value is -2.80. The summed E-state index contributed by atoms with van der Waals surface area (Å²) in [6, 6.07) is 16.8. The highest BCUT2D eigenvalue weighted by molar-refractivity contribution is 7.92. The number of rotatable bonds is 6. The van der Waals surface area contributed by atoms with E-state index in [1.807, 2.05) is 0 Å². The van der Waals surface area contributed by atoms with Crippen molar-refractivity contribution < 1.29 is 17.7 Å².